The van der Waals surface area contributed by atoms with Crippen molar-refractivity contribution in [1.82, 2.24) is 4.98 Å². The molecule has 0 saturated carbocycles. The van der Waals surface area contributed by atoms with Crippen LogP contribution in [-0.4, -0.2) is 14.9 Å². The number of hydrogen-bond donors (Lipinski definition) is 1. The monoisotopic (exact) mass is 377 g/mol. The Hall–Kier alpha value is -1.97. The van der Waals surface area contributed by atoms with Crippen LogP contribution in [0.1, 0.15) is 23.7 Å². The van der Waals surface area contributed by atoms with E-state index in [0.29, 0.717) is 0 Å². The van der Waals surface area contributed by atoms with Gasteiger partial charge < -0.3 is 5.11 Å². The summed E-state index contributed by atoms with van der Waals surface area (Å²) in [6.45, 7) is 0. The second-order valence-electron chi connectivity index (χ2n) is 6.56. The molecule has 0 bridgehead atoms. The van der Waals surface area contributed by atoms with Crippen LogP contribution in [0.4, 0.5) is 0 Å². The number of halogens is 1. The molecule has 24 heavy (non-hydrogen) atoms. The fourth-order valence-electron chi connectivity index (χ4n) is 3.88. The molecule has 2 nitrogen and oxygen atoms in total. The molecular formula is C21H16BrNO. The third kappa shape index (κ3) is 2.01. The molecule has 3 heteroatoms. The molecular weight excluding hydrogens is 362 g/mol. The first kappa shape index (κ1) is 14.4. The second-order valence-corrected chi connectivity index (χ2v) is 7.73. The molecule has 2 atom stereocenters. The van der Waals surface area contributed by atoms with Crippen molar-refractivity contribution in [2.24, 2.45) is 0 Å². The molecule has 1 heterocycles. The zero-order valence-electron chi connectivity index (χ0n) is 13.0. The molecule has 1 aliphatic carbocycles. The van der Waals surface area contributed by atoms with Crippen LogP contribution >= 0.6 is 15.9 Å². The zero-order valence-corrected chi connectivity index (χ0v) is 14.6. The minimum atomic E-state index is -0.502. The first-order chi connectivity index (χ1) is 11.7. The quantitative estimate of drug-likeness (QED) is 0.256. The summed E-state index contributed by atoms with van der Waals surface area (Å²) in [5, 5.41) is 15.3. The van der Waals surface area contributed by atoms with E-state index >= 15 is 0 Å². The van der Waals surface area contributed by atoms with E-state index in [1.165, 1.54) is 10.9 Å². The Morgan fingerprint density at radius 3 is 2.58 bits per heavy atom. The van der Waals surface area contributed by atoms with Crippen molar-refractivity contribution in [3.05, 3.63) is 65.7 Å². The van der Waals surface area contributed by atoms with Crippen LogP contribution in [0.15, 0.2) is 54.6 Å². The summed E-state index contributed by atoms with van der Waals surface area (Å²) < 4.78 is 0. The van der Waals surface area contributed by atoms with Crippen LogP contribution < -0.4 is 0 Å². The summed E-state index contributed by atoms with van der Waals surface area (Å²) in [5.41, 5.74) is 4.17. The lowest BCUT2D eigenvalue weighted by Gasteiger charge is -2.27. The number of aryl methyl sites for hydroxylation is 1. The summed E-state index contributed by atoms with van der Waals surface area (Å²) in [5.74, 6) is 0. The van der Waals surface area contributed by atoms with Crippen LogP contribution in [0, 0.1) is 0 Å². The number of rotatable bonds is 0. The molecule has 0 unspecified atom stereocenters. The first-order valence-electron chi connectivity index (χ1n) is 8.28. The predicted octanol–water partition coefficient (Wildman–Crippen LogP) is 5.28. The van der Waals surface area contributed by atoms with E-state index in [1.807, 2.05) is 0 Å². The lowest BCUT2D eigenvalue weighted by Crippen LogP contribution is -2.20. The molecule has 0 aliphatic heterocycles. The summed E-state index contributed by atoms with van der Waals surface area (Å²) in [6, 6.07) is 19.1. The fourth-order valence-corrected chi connectivity index (χ4v) is 4.37. The highest BCUT2D eigenvalue weighted by Crippen LogP contribution is 2.39. The minimum Gasteiger partial charge on any atom is -0.387 e. The molecule has 0 fully saturated rings. The Morgan fingerprint density at radius 2 is 1.67 bits per heavy atom. The number of benzene rings is 3. The Labute approximate surface area is 148 Å². The van der Waals surface area contributed by atoms with Crippen molar-refractivity contribution in [3.63, 3.8) is 0 Å². The second kappa shape index (κ2) is 5.27. The smallest absolute Gasteiger partial charge is 0.0938 e. The van der Waals surface area contributed by atoms with Gasteiger partial charge in [-0.05, 0) is 29.9 Å². The van der Waals surface area contributed by atoms with E-state index in [4.69, 9.17) is 4.98 Å². The van der Waals surface area contributed by atoms with Crippen molar-refractivity contribution in [2.75, 3.05) is 0 Å². The number of fused-ring (bicyclic) bond motifs is 6. The average Bonchev–Trinajstić information content (AvgIpc) is 2.62. The zero-order chi connectivity index (χ0) is 16.3. The van der Waals surface area contributed by atoms with Gasteiger partial charge >= 0.3 is 0 Å². The highest BCUT2D eigenvalue weighted by atomic mass is 79.9. The third-order valence-corrected chi connectivity index (χ3v) is 6.09. The normalized spacial score (nSPS) is 20.6. The summed E-state index contributed by atoms with van der Waals surface area (Å²) in [6.07, 6.45) is 1.43. The van der Waals surface area contributed by atoms with Crippen molar-refractivity contribution in [2.45, 2.75) is 23.8 Å². The van der Waals surface area contributed by atoms with Gasteiger partial charge in [0, 0.05) is 26.5 Å². The highest BCUT2D eigenvalue weighted by molar-refractivity contribution is 9.09. The van der Waals surface area contributed by atoms with Crippen molar-refractivity contribution in [3.8, 4) is 0 Å². The van der Waals surface area contributed by atoms with E-state index in [2.05, 4.69) is 70.5 Å². The largest absolute Gasteiger partial charge is 0.387 e. The van der Waals surface area contributed by atoms with Gasteiger partial charge in [-0.25, -0.2) is 4.98 Å². The molecule has 0 amide bonds. The van der Waals surface area contributed by atoms with Crippen molar-refractivity contribution < 1.29 is 5.11 Å². The van der Waals surface area contributed by atoms with Gasteiger partial charge in [0.1, 0.15) is 0 Å². The van der Waals surface area contributed by atoms with Crippen LogP contribution in [0.3, 0.4) is 0 Å². The number of pyridine rings is 1. The van der Waals surface area contributed by atoms with Gasteiger partial charge in [-0.2, -0.15) is 0 Å². The lowest BCUT2D eigenvalue weighted by molar-refractivity contribution is 0.167. The number of aliphatic hydroxyl groups is 1. The van der Waals surface area contributed by atoms with E-state index in [9.17, 15) is 5.11 Å². The molecule has 5 rings (SSSR count). The van der Waals surface area contributed by atoms with Gasteiger partial charge in [0.2, 0.25) is 0 Å². The Morgan fingerprint density at radius 1 is 0.917 bits per heavy atom. The fraction of sp³-hybridized carbons (Fsp3) is 0.190. The van der Waals surface area contributed by atoms with E-state index in [1.54, 1.807) is 0 Å². The van der Waals surface area contributed by atoms with Gasteiger partial charge in [-0.1, -0.05) is 64.5 Å². The first-order valence-corrected chi connectivity index (χ1v) is 9.20. The maximum Gasteiger partial charge on any atom is 0.0938 e. The SMILES string of the molecule is O[C@@H]1c2c(ccc3cc4ccc5ccccc5c4nc23)CC[C@H]1Br. The minimum absolute atomic E-state index is 0.0978. The molecule has 0 saturated heterocycles. The molecule has 1 aromatic heterocycles. The topological polar surface area (TPSA) is 33.1 Å². The molecule has 0 radical (unpaired) electrons. The summed E-state index contributed by atoms with van der Waals surface area (Å²) in [4.78, 5) is 5.12. The summed E-state index contributed by atoms with van der Waals surface area (Å²) in [7, 11) is 0. The van der Waals surface area contributed by atoms with E-state index in [0.717, 1.165) is 45.6 Å². The van der Waals surface area contributed by atoms with Gasteiger partial charge in [-0.15, -0.1) is 0 Å². The van der Waals surface area contributed by atoms with E-state index in [-0.39, 0.29) is 4.83 Å². The Bertz CT molecular complexity index is 1110. The van der Waals surface area contributed by atoms with Gasteiger partial charge in [0.15, 0.2) is 0 Å². The average molecular weight is 378 g/mol. The van der Waals surface area contributed by atoms with Crippen LogP contribution in [0.2, 0.25) is 0 Å². The molecule has 1 N–H and O–H groups in total. The van der Waals surface area contributed by atoms with Gasteiger partial charge in [0.25, 0.3) is 0 Å². The molecule has 4 aromatic rings. The maximum atomic E-state index is 10.7. The van der Waals surface area contributed by atoms with Crippen molar-refractivity contribution in [1.29, 1.82) is 0 Å². The van der Waals surface area contributed by atoms with Crippen molar-refractivity contribution >= 4 is 48.5 Å². The lowest BCUT2D eigenvalue weighted by atomic mass is 9.87. The van der Waals surface area contributed by atoms with Crippen LogP contribution in [0.5, 0.6) is 0 Å². The number of nitrogens with zero attached hydrogens (tertiary/aromatic N) is 1. The predicted molar refractivity (Wildman–Crippen MR) is 103 cm³/mol. The Kier molecular flexibility index (Phi) is 3.15. The molecule has 118 valence electrons. The number of aromatic nitrogens is 1. The standard InChI is InChI=1S/C21H16BrNO/c22-17-10-9-13-6-8-15-11-14-7-5-12-3-1-2-4-16(12)19(14)23-20(15)18(13)21(17)24/h1-8,11,17,21,24H,9-10H2/t17-,21+/m1/s1. The number of hydrogen-bond acceptors (Lipinski definition) is 2. The maximum absolute atomic E-state index is 10.7. The molecule has 3 aromatic carbocycles. The van der Waals surface area contributed by atoms with E-state index < -0.39 is 6.10 Å². The highest BCUT2D eigenvalue weighted by Gasteiger charge is 2.28. The third-order valence-electron chi connectivity index (χ3n) is 5.13. The molecule has 0 spiro atoms. The Balaban J connectivity index is 1.93. The summed E-state index contributed by atoms with van der Waals surface area (Å²) >= 11 is 3.62. The molecule has 1 aliphatic rings. The number of aliphatic hydroxyl groups excluding tert-OH is 1. The van der Waals surface area contributed by atoms with Gasteiger partial charge in [0.05, 0.1) is 17.1 Å². The van der Waals surface area contributed by atoms with Gasteiger partial charge in [-0.3, -0.25) is 0 Å². The van der Waals surface area contributed by atoms with Crippen LogP contribution in [0.25, 0.3) is 32.6 Å². The van der Waals surface area contributed by atoms with Crippen LogP contribution in [-0.2, 0) is 6.42 Å². The number of alkyl halides is 1.